The van der Waals surface area contributed by atoms with E-state index in [4.69, 9.17) is 9.47 Å². The van der Waals surface area contributed by atoms with Crippen LogP contribution < -0.4 is 20.1 Å². The van der Waals surface area contributed by atoms with Crippen LogP contribution in [0.25, 0.3) is 0 Å². The largest absolute Gasteiger partial charge is 0.497 e. The van der Waals surface area contributed by atoms with Crippen LogP contribution in [0.2, 0.25) is 0 Å². The van der Waals surface area contributed by atoms with Crippen molar-refractivity contribution in [3.8, 4) is 11.5 Å². The summed E-state index contributed by atoms with van der Waals surface area (Å²) in [4.78, 5) is 14.7. The van der Waals surface area contributed by atoms with Crippen molar-refractivity contribution in [2.75, 3.05) is 40.4 Å². The molecule has 0 saturated carbocycles. The number of rotatable bonds is 7. The highest BCUT2D eigenvalue weighted by molar-refractivity contribution is 5.85. The second kappa shape index (κ2) is 11.0. The van der Waals surface area contributed by atoms with Crippen LogP contribution in [0.5, 0.6) is 11.5 Å². The maximum absolute atomic E-state index is 12.4. The number of carbonyl (C=O) groups excluding carboxylic acids is 1. The fourth-order valence-electron chi connectivity index (χ4n) is 3.52. The molecule has 154 valence electrons. The molecule has 2 saturated heterocycles. The molecular weight excluding hydrogens is 389 g/mol. The Bertz CT molecular complexity index is 592. The van der Waals surface area contributed by atoms with Gasteiger partial charge in [-0.1, -0.05) is 6.92 Å². The van der Waals surface area contributed by atoms with Crippen LogP contribution in [0, 0.1) is 11.8 Å². The first-order valence-corrected chi connectivity index (χ1v) is 9.04. The lowest BCUT2D eigenvalue weighted by Crippen LogP contribution is -2.51. The Balaban J connectivity index is 0.00000182. The molecule has 0 spiro atoms. The highest BCUT2D eigenvalue weighted by Crippen LogP contribution is 2.24. The molecular formula is C19H31Cl2N3O3. The summed E-state index contributed by atoms with van der Waals surface area (Å²) < 4.78 is 10.7. The highest BCUT2D eigenvalue weighted by Gasteiger charge is 2.31. The average molecular weight is 420 g/mol. The lowest BCUT2D eigenvalue weighted by molar-refractivity contribution is -0.127. The molecule has 2 aliphatic heterocycles. The van der Waals surface area contributed by atoms with Crippen LogP contribution >= 0.6 is 24.8 Å². The summed E-state index contributed by atoms with van der Waals surface area (Å²) in [5.74, 6) is 2.39. The van der Waals surface area contributed by atoms with Crippen LogP contribution in [-0.4, -0.2) is 57.2 Å². The number of halogens is 2. The number of hydrogen-bond acceptors (Lipinski definition) is 5. The quantitative estimate of drug-likeness (QED) is 0.708. The molecule has 2 N–H and O–H groups in total. The minimum atomic E-state index is 0. The molecule has 2 fully saturated rings. The van der Waals surface area contributed by atoms with Crippen LogP contribution in [0.1, 0.15) is 18.9 Å². The zero-order valence-corrected chi connectivity index (χ0v) is 17.8. The molecule has 1 aromatic carbocycles. The number of carbonyl (C=O) groups is 1. The first-order chi connectivity index (χ1) is 12.1. The third kappa shape index (κ3) is 6.14. The van der Waals surface area contributed by atoms with Gasteiger partial charge in [0.15, 0.2) is 0 Å². The Labute approximate surface area is 174 Å². The van der Waals surface area contributed by atoms with Crippen molar-refractivity contribution in [3.05, 3.63) is 23.8 Å². The van der Waals surface area contributed by atoms with Gasteiger partial charge in [0.1, 0.15) is 11.5 Å². The predicted octanol–water partition coefficient (Wildman–Crippen LogP) is 2.09. The zero-order valence-electron chi connectivity index (χ0n) is 16.2. The lowest BCUT2D eigenvalue weighted by atomic mass is 9.88. The van der Waals surface area contributed by atoms with Gasteiger partial charge in [0.05, 0.1) is 14.2 Å². The third-order valence-corrected chi connectivity index (χ3v) is 5.37. The maximum Gasteiger partial charge on any atom is 0.223 e. The third-order valence-electron chi connectivity index (χ3n) is 5.37. The number of nitrogens with one attached hydrogen (secondary N) is 2. The van der Waals surface area contributed by atoms with Crippen LogP contribution in [0.3, 0.4) is 0 Å². The van der Waals surface area contributed by atoms with E-state index in [-0.39, 0.29) is 42.7 Å². The number of benzene rings is 1. The molecule has 0 radical (unpaired) electrons. The van der Waals surface area contributed by atoms with E-state index in [9.17, 15) is 4.79 Å². The molecule has 2 atom stereocenters. The summed E-state index contributed by atoms with van der Waals surface area (Å²) in [5, 5.41) is 6.47. The summed E-state index contributed by atoms with van der Waals surface area (Å²) in [5.41, 5.74) is 1.16. The van der Waals surface area contributed by atoms with Gasteiger partial charge < -0.3 is 20.1 Å². The molecule has 2 unspecified atom stereocenters. The molecule has 3 rings (SSSR count). The fraction of sp³-hybridized carbons (Fsp3) is 0.632. The Morgan fingerprint density at radius 2 is 1.85 bits per heavy atom. The summed E-state index contributed by atoms with van der Waals surface area (Å²) >= 11 is 0. The van der Waals surface area contributed by atoms with E-state index in [1.807, 2.05) is 25.1 Å². The highest BCUT2D eigenvalue weighted by atomic mass is 35.5. The van der Waals surface area contributed by atoms with Gasteiger partial charge in [0, 0.05) is 37.7 Å². The summed E-state index contributed by atoms with van der Waals surface area (Å²) in [7, 11) is 3.33. The Morgan fingerprint density at radius 3 is 2.37 bits per heavy atom. The normalized spacial score (nSPS) is 20.6. The van der Waals surface area contributed by atoms with Crippen LogP contribution in [-0.2, 0) is 11.3 Å². The molecule has 0 aliphatic carbocycles. The summed E-state index contributed by atoms with van der Waals surface area (Å²) in [6.07, 6.45) is 1.00. The van der Waals surface area contributed by atoms with Crippen molar-refractivity contribution >= 4 is 30.7 Å². The Morgan fingerprint density at radius 1 is 1.22 bits per heavy atom. The molecule has 1 aromatic rings. The van der Waals surface area contributed by atoms with Gasteiger partial charge >= 0.3 is 0 Å². The first kappa shape index (κ1) is 23.8. The SMILES string of the molecule is COc1cc(CN2CCC(NC(=O)C(C)C3CNC3)C2)cc(OC)c1.Cl.Cl. The van der Waals surface area contributed by atoms with Crippen molar-refractivity contribution < 1.29 is 14.3 Å². The molecule has 27 heavy (non-hydrogen) atoms. The number of methoxy groups -OCH3 is 2. The summed E-state index contributed by atoms with van der Waals surface area (Å²) in [6.45, 7) is 6.68. The van der Waals surface area contributed by atoms with Crippen LogP contribution in [0.15, 0.2) is 18.2 Å². The van der Waals surface area contributed by atoms with Gasteiger partial charge in [-0.3, -0.25) is 9.69 Å². The second-order valence-electron chi connectivity index (χ2n) is 7.16. The Hall–Kier alpha value is -1.21. The molecule has 1 amide bonds. The molecule has 0 aromatic heterocycles. The standard InChI is InChI=1S/C19H29N3O3.2ClH/c1-13(15-9-20-10-15)19(23)21-16-4-5-22(12-16)11-14-6-17(24-2)8-18(7-14)25-3;;/h6-8,13,15-16,20H,4-5,9-12H2,1-3H3,(H,21,23);2*1H. The predicted molar refractivity (Wildman–Crippen MR) is 111 cm³/mol. The minimum absolute atomic E-state index is 0. The lowest BCUT2D eigenvalue weighted by Gasteiger charge is -2.32. The Kier molecular flexibility index (Phi) is 9.67. The fourth-order valence-corrected chi connectivity index (χ4v) is 3.52. The van der Waals surface area contributed by atoms with Gasteiger partial charge in [-0.2, -0.15) is 0 Å². The van der Waals surface area contributed by atoms with E-state index in [2.05, 4.69) is 15.5 Å². The van der Waals surface area contributed by atoms with Gasteiger partial charge in [0.25, 0.3) is 0 Å². The van der Waals surface area contributed by atoms with E-state index in [0.717, 1.165) is 56.2 Å². The van der Waals surface area contributed by atoms with Crippen molar-refractivity contribution in [3.63, 3.8) is 0 Å². The van der Waals surface area contributed by atoms with E-state index in [1.165, 1.54) is 0 Å². The molecule has 2 heterocycles. The van der Waals surface area contributed by atoms with Crippen molar-refractivity contribution in [1.82, 2.24) is 15.5 Å². The van der Waals surface area contributed by atoms with Gasteiger partial charge in [-0.15, -0.1) is 24.8 Å². The van der Waals surface area contributed by atoms with Gasteiger partial charge in [-0.25, -0.2) is 0 Å². The smallest absolute Gasteiger partial charge is 0.223 e. The molecule has 8 heteroatoms. The monoisotopic (exact) mass is 419 g/mol. The number of ether oxygens (including phenoxy) is 2. The van der Waals surface area contributed by atoms with Crippen molar-refractivity contribution in [1.29, 1.82) is 0 Å². The van der Waals surface area contributed by atoms with Gasteiger partial charge in [0.2, 0.25) is 5.91 Å². The number of hydrogen-bond donors (Lipinski definition) is 2. The van der Waals surface area contributed by atoms with E-state index >= 15 is 0 Å². The second-order valence-corrected chi connectivity index (χ2v) is 7.16. The topological polar surface area (TPSA) is 62.8 Å². The van der Waals surface area contributed by atoms with E-state index in [0.29, 0.717) is 5.92 Å². The number of amides is 1. The average Bonchev–Trinajstić information content (AvgIpc) is 2.99. The maximum atomic E-state index is 12.4. The zero-order chi connectivity index (χ0) is 17.8. The first-order valence-electron chi connectivity index (χ1n) is 9.04. The van der Waals surface area contributed by atoms with Gasteiger partial charge in [-0.05, 0) is 43.1 Å². The molecule has 0 bridgehead atoms. The van der Waals surface area contributed by atoms with E-state index < -0.39 is 0 Å². The number of nitrogens with zero attached hydrogens (tertiary/aromatic N) is 1. The van der Waals surface area contributed by atoms with Crippen molar-refractivity contribution in [2.24, 2.45) is 11.8 Å². The number of likely N-dealkylation sites (tertiary alicyclic amines) is 1. The minimum Gasteiger partial charge on any atom is -0.497 e. The molecule has 2 aliphatic rings. The van der Waals surface area contributed by atoms with Crippen LogP contribution in [0.4, 0.5) is 0 Å². The van der Waals surface area contributed by atoms with Crippen molar-refractivity contribution in [2.45, 2.75) is 25.9 Å². The summed E-state index contributed by atoms with van der Waals surface area (Å²) in [6, 6.07) is 6.21. The molecule has 6 nitrogen and oxygen atoms in total. The van der Waals surface area contributed by atoms with E-state index in [1.54, 1.807) is 14.2 Å².